The Hall–Kier alpha value is -3.54. The van der Waals surface area contributed by atoms with E-state index in [4.69, 9.17) is 58.0 Å². The van der Waals surface area contributed by atoms with Crippen molar-refractivity contribution in [1.29, 1.82) is 0 Å². The van der Waals surface area contributed by atoms with E-state index in [0.29, 0.717) is 44.3 Å². The Kier molecular flexibility index (Phi) is 6.73. The molecule has 0 aliphatic carbocycles. The van der Waals surface area contributed by atoms with Crippen LogP contribution in [0.3, 0.4) is 0 Å². The Bertz CT molecular complexity index is 1720. The zero-order valence-electron chi connectivity index (χ0n) is 19.6. The smallest absolute Gasteiger partial charge is 0.436 e. The molecule has 0 unspecified atom stereocenters. The van der Waals surface area contributed by atoms with Crippen LogP contribution in [0.2, 0.25) is 10.0 Å². The third-order valence-corrected chi connectivity index (χ3v) is 8.13. The van der Waals surface area contributed by atoms with Gasteiger partial charge in [-0.05, 0) is 77.5 Å². The van der Waals surface area contributed by atoms with Crippen molar-refractivity contribution in [3.05, 3.63) is 119 Å². The molecule has 0 saturated heterocycles. The highest BCUT2D eigenvalue weighted by Crippen LogP contribution is 2.53. The topological polar surface area (TPSA) is 53.7 Å². The third kappa shape index (κ3) is 5.22. The van der Waals surface area contributed by atoms with Gasteiger partial charge in [0.2, 0.25) is 5.89 Å². The molecular weight excluding hydrogens is 560 g/mol. The second-order valence-corrected chi connectivity index (χ2v) is 11.9. The summed E-state index contributed by atoms with van der Waals surface area (Å²) >= 11 is 18.1. The molecule has 0 saturated carbocycles. The molecule has 1 aromatic heterocycles. The summed E-state index contributed by atoms with van der Waals surface area (Å²) in [5.41, 5.74) is 2.04. The van der Waals surface area contributed by atoms with Gasteiger partial charge in [-0.3, -0.25) is 0 Å². The number of fused-ring (bicyclic) bond motifs is 2. The summed E-state index contributed by atoms with van der Waals surface area (Å²) in [6.45, 7) is -3.50. The summed E-state index contributed by atoms with van der Waals surface area (Å²) in [5, 5.41) is 3.01. The predicted octanol–water partition coefficient (Wildman–Crippen LogP) is 9.72. The summed E-state index contributed by atoms with van der Waals surface area (Å²) in [5.74, 6) is 1.73. The van der Waals surface area contributed by atoms with Gasteiger partial charge in [-0.25, -0.2) is 4.98 Å². The molecular formula is C29H18Cl2NO4PS. The molecule has 188 valence electrons. The summed E-state index contributed by atoms with van der Waals surface area (Å²) in [7, 11) is 0. The average molecular weight is 578 g/mol. The number of nitrogens with zero attached hydrogens (tertiary/aromatic N) is 1. The van der Waals surface area contributed by atoms with Crippen LogP contribution in [0.1, 0.15) is 0 Å². The summed E-state index contributed by atoms with van der Waals surface area (Å²) in [4.78, 5) is 4.73. The molecule has 1 heterocycles. The lowest BCUT2D eigenvalue weighted by molar-refractivity contribution is 0.384. The molecule has 6 rings (SSSR count). The SMILES string of the molecule is S=P(Oc1ccc(Cl)cc1)(Oc1ccc(Cl)cc1)Oc1ccc2ccccc2c1-c1nc2ccccc2o1. The van der Waals surface area contributed by atoms with Crippen LogP contribution < -0.4 is 13.6 Å². The molecule has 38 heavy (non-hydrogen) atoms. The fraction of sp³-hybridized carbons (Fsp3) is 0. The minimum Gasteiger partial charge on any atom is -0.436 e. The molecule has 9 heteroatoms. The Morgan fingerprint density at radius 3 is 1.92 bits per heavy atom. The molecule has 0 spiro atoms. The first-order chi connectivity index (χ1) is 18.5. The van der Waals surface area contributed by atoms with Gasteiger partial charge in [0.1, 0.15) is 22.8 Å². The fourth-order valence-electron chi connectivity index (χ4n) is 3.95. The van der Waals surface area contributed by atoms with Crippen LogP contribution in [0.5, 0.6) is 17.2 Å². The lowest BCUT2D eigenvalue weighted by atomic mass is 10.0. The minimum atomic E-state index is -3.50. The highest BCUT2D eigenvalue weighted by molar-refractivity contribution is 8.08. The number of oxazole rings is 1. The normalized spacial score (nSPS) is 11.5. The molecule has 0 aliphatic heterocycles. The van der Waals surface area contributed by atoms with Crippen molar-refractivity contribution in [2.75, 3.05) is 0 Å². The van der Waals surface area contributed by atoms with E-state index >= 15 is 0 Å². The largest absolute Gasteiger partial charge is 0.490 e. The van der Waals surface area contributed by atoms with Crippen LogP contribution in [0.4, 0.5) is 0 Å². The van der Waals surface area contributed by atoms with Crippen LogP contribution in [-0.4, -0.2) is 4.98 Å². The molecule has 5 aromatic carbocycles. The Morgan fingerprint density at radius 2 is 1.26 bits per heavy atom. The van der Waals surface area contributed by atoms with Gasteiger partial charge in [-0.2, -0.15) is 0 Å². The Balaban J connectivity index is 1.48. The number of hydrogen-bond donors (Lipinski definition) is 0. The maximum atomic E-state index is 6.48. The highest BCUT2D eigenvalue weighted by atomic mass is 35.5. The molecule has 6 aromatic rings. The zero-order valence-corrected chi connectivity index (χ0v) is 22.8. The van der Waals surface area contributed by atoms with Crippen LogP contribution in [0, 0.1) is 0 Å². The Morgan fingerprint density at radius 1 is 0.658 bits per heavy atom. The van der Waals surface area contributed by atoms with E-state index in [9.17, 15) is 0 Å². The monoisotopic (exact) mass is 577 g/mol. The van der Waals surface area contributed by atoms with Crippen molar-refractivity contribution < 1.29 is 18.0 Å². The average Bonchev–Trinajstić information content (AvgIpc) is 3.35. The van der Waals surface area contributed by atoms with Crippen LogP contribution in [-0.2, 0) is 11.8 Å². The molecule has 0 N–H and O–H groups in total. The van der Waals surface area contributed by atoms with E-state index in [1.807, 2.05) is 60.7 Å². The van der Waals surface area contributed by atoms with E-state index in [1.54, 1.807) is 48.5 Å². The first kappa shape index (κ1) is 24.8. The number of halogens is 2. The van der Waals surface area contributed by atoms with Crippen molar-refractivity contribution in [2.45, 2.75) is 0 Å². The maximum absolute atomic E-state index is 6.48. The minimum absolute atomic E-state index is 0.400. The molecule has 0 atom stereocenters. The van der Waals surface area contributed by atoms with E-state index < -0.39 is 6.72 Å². The summed E-state index contributed by atoms with van der Waals surface area (Å²) < 4.78 is 25.0. The number of benzene rings is 5. The van der Waals surface area contributed by atoms with Gasteiger partial charge in [0.05, 0.1) is 5.56 Å². The molecule has 0 aliphatic rings. The molecule has 0 amide bonds. The first-order valence-corrected chi connectivity index (χ1v) is 14.8. The van der Waals surface area contributed by atoms with Crippen LogP contribution >= 0.6 is 29.9 Å². The van der Waals surface area contributed by atoms with Crippen molar-refractivity contribution in [3.8, 4) is 28.7 Å². The quantitative estimate of drug-likeness (QED) is 0.176. The van der Waals surface area contributed by atoms with E-state index in [2.05, 4.69) is 0 Å². The van der Waals surface area contributed by atoms with Gasteiger partial charge in [0, 0.05) is 21.9 Å². The first-order valence-electron chi connectivity index (χ1n) is 11.5. The van der Waals surface area contributed by atoms with E-state index in [-0.39, 0.29) is 0 Å². The van der Waals surface area contributed by atoms with Gasteiger partial charge < -0.3 is 18.0 Å². The molecule has 0 fully saturated rings. The third-order valence-electron chi connectivity index (χ3n) is 5.67. The van der Waals surface area contributed by atoms with Crippen LogP contribution in [0.25, 0.3) is 33.3 Å². The zero-order chi connectivity index (χ0) is 26.1. The number of para-hydroxylation sites is 2. The fourth-order valence-corrected chi connectivity index (χ4v) is 6.23. The number of aromatic nitrogens is 1. The lowest BCUT2D eigenvalue weighted by Gasteiger charge is -2.24. The lowest BCUT2D eigenvalue weighted by Crippen LogP contribution is -2.08. The second-order valence-electron chi connectivity index (χ2n) is 8.28. The molecule has 5 nitrogen and oxygen atoms in total. The van der Waals surface area contributed by atoms with Crippen LogP contribution in [0.15, 0.2) is 114 Å². The van der Waals surface area contributed by atoms with Gasteiger partial charge >= 0.3 is 6.72 Å². The Labute approximate surface area is 233 Å². The summed E-state index contributed by atoms with van der Waals surface area (Å²) in [6, 6.07) is 32.9. The highest BCUT2D eigenvalue weighted by Gasteiger charge is 2.30. The van der Waals surface area contributed by atoms with E-state index in [1.165, 1.54) is 0 Å². The number of hydrogen-bond acceptors (Lipinski definition) is 6. The summed E-state index contributed by atoms with van der Waals surface area (Å²) in [6.07, 6.45) is 0. The van der Waals surface area contributed by atoms with E-state index in [0.717, 1.165) is 16.3 Å². The number of rotatable bonds is 7. The predicted molar refractivity (Wildman–Crippen MR) is 156 cm³/mol. The second kappa shape index (κ2) is 10.3. The van der Waals surface area contributed by atoms with Gasteiger partial charge in [0.25, 0.3) is 0 Å². The molecule has 0 radical (unpaired) electrons. The molecule has 0 bridgehead atoms. The van der Waals surface area contributed by atoms with Gasteiger partial charge in [0.15, 0.2) is 5.58 Å². The van der Waals surface area contributed by atoms with Gasteiger partial charge in [-0.1, -0.05) is 65.7 Å². The van der Waals surface area contributed by atoms with Crippen molar-refractivity contribution in [2.24, 2.45) is 0 Å². The van der Waals surface area contributed by atoms with Crippen molar-refractivity contribution in [1.82, 2.24) is 4.98 Å². The van der Waals surface area contributed by atoms with Gasteiger partial charge in [-0.15, -0.1) is 0 Å². The van der Waals surface area contributed by atoms with Crippen molar-refractivity contribution >= 4 is 63.6 Å². The maximum Gasteiger partial charge on any atom is 0.490 e. The standard InChI is InChI=1S/C29H18Cl2NO4PS/c30-20-10-14-22(15-11-20)34-37(38,35-23-16-12-21(31)13-17-23)36-27-18-9-19-5-1-2-6-24(19)28(27)29-32-25-7-3-4-8-26(25)33-29/h1-18H. The van der Waals surface area contributed by atoms with Crippen molar-refractivity contribution in [3.63, 3.8) is 0 Å².